The molecule has 0 aliphatic heterocycles. The predicted octanol–water partition coefficient (Wildman–Crippen LogP) is 5.94. The summed E-state index contributed by atoms with van der Waals surface area (Å²) < 4.78 is 0. The average Bonchev–Trinajstić information content (AvgIpc) is 2.55. The third-order valence-electron chi connectivity index (χ3n) is 4.20. The van der Waals surface area contributed by atoms with Gasteiger partial charge in [0.2, 0.25) is 0 Å². The Hall–Kier alpha value is -1.31. The molecule has 2 aromatic carbocycles. The van der Waals surface area contributed by atoms with E-state index in [9.17, 15) is 5.11 Å². The first-order valence-electron chi connectivity index (χ1n) is 8.21. The van der Waals surface area contributed by atoms with Crippen molar-refractivity contribution in [1.29, 1.82) is 0 Å². The van der Waals surface area contributed by atoms with Crippen LogP contribution in [0.5, 0.6) is 0 Å². The summed E-state index contributed by atoms with van der Waals surface area (Å²) in [6, 6.07) is 17.5. The van der Waals surface area contributed by atoms with Crippen molar-refractivity contribution in [2.75, 3.05) is 0 Å². The molecule has 2 heteroatoms. The third-order valence-corrected chi connectivity index (χ3v) is 4.43. The van der Waals surface area contributed by atoms with Crippen molar-refractivity contribution in [3.63, 3.8) is 0 Å². The molecular weight excluding hydrogens is 292 g/mol. The second-order valence-electron chi connectivity index (χ2n) is 5.90. The van der Waals surface area contributed by atoms with Crippen molar-refractivity contribution in [3.05, 3.63) is 70.7 Å². The number of hydrogen-bond donors (Lipinski definition) is 1. The highest BCUT2D eigenvalue weighted by Crippen LogP contribution is 2.35. The Balaban J connectivity index is 2.21. The van der Waals surface area contributed by atoms with E-state index in [1.165, 1.54) is 19.3 Å². The van der Waals surface area contributed by atoms with Crippen LogP contribution in [0.3, 0.4) is 0 Å². The molecule has 0 aromatic heterocycles. The first-order valence-corrected chi connectivity index (χ1v) is 8.58. The van der Waals surface area contributed by atoms with Gasteiger partial charge in [-0.2, -0.15) is 0 Å². The molecule has 1 N–H and O–H groups in total. The maximum atomic E-state index is 11.4. The number of halogens is 1. The zero-order chi connectivity index (χ0) is 15.8. The zero-order valence-electron chi connectivity index (χ0n) is 13.3. The molecule has 22 heavy (non-hydrogen) atoms. The molecule has 1 nitrogen and oxygen atoms in total. The monoisotopic (exact) mass is 316 g/mol. The predicted molar refractivity (Wildman–Crippen MR) is 94.3 cm³/mol. The summed E-state index contributed by atoms with van der Waals surface area (Å²) in [5.41, 5.74) is 0.854. The van der Waals surface area contributed by atoms with Crippen LogP contribution < -0.4 is 0 Å². The minimum Gasteiger partial charge on any atom is -0.380 e. The normalized spacial score (nSPS) is 13.8. The lowest BCUT2D eigenvalue weighted by Gasteiger charge is -2.30. The lowest BCUT2D eigenvalue weighted by molar-refractivity contribution is 0.0679. The largest absolute Gasteiger partial charge is 0.380 e. The van der Waals surface area contributed by atoms with Crippen LogP contribution in [-0.4, -0.2) is 5.11 Å². The van der Waals surface area contributed by atoms with Crippen molar-refractivity contribution < 1.29 is 5.11 Å². The van der Waals surface area contributed by atoms with Gasteiger partial charge in [0.25, 0.3) is 0 Å². The van der Waals surface area contributed by atoms with E-state index in [0.29, 0.717) is 5.02 Å². The second-order valence-corrected chi connectivity index (χ2v) is 6.34. The number of rotatable bonds is 8. The Kier molecular flexibility index (Phi) is 6.48. The maximum Gasteiger partial charge on any atom is 0.115 e. The van der Waals surface area contributed by atoms with E-state index >= 15 is 0 Å². The van der Waals surface area contributed by atoms with Gasteiger partial charge in [-0.1, -0.05) is 86.7 Å². The van der Waals surface area contributed by atoms with Gasteiger partial charge in [-0.15, -0.1) is 0 Å². The molecule has 0 spiro atoms. The lowest BCUT2D eigenvalue weighted by atomic mass is 9.82. The molecule has 0 radical (unpaired) electrons. The standard InChI is InChI=1S/C20H25ClO/c1-2-3-4-5-9-15-20(22,17-11-7-6-8-12-17)18-13-10-14-19(21)16-18/h6-8,10-14,16,22H,2-5,9,15H2,1H3. The summed E-state index contributed by atoms with van der Waals surface area (Å²) in [7, 11) is 0. The molecule has 0 amide bonds. The van der Waals surface area contributed by atoms with Gasteiger partial charge in [0.15, 0.2) is 0 Å². The van der Waals surface area contributed by atoms with E-state index in [-0.39, 0.29) is 0 Å². The van der Waals surface area contributed by atoms with Crippen molar-refractivity contribution in [3.8, 4) is 0 Å². The molecule has 0 bridgehead atoms. The molecule has 0 saturated heterocycles. The van der Waals surface area contributed by atoms with E-state index in [4.69, 9.17) is 11.6 Å². The van der Waals surface area contributed by atoms with Crippen LogP contribution in [0.15, 0.2) is 54.6 Å². The smallest absolute Gasteiger partial charge is 0.115 e. The quantitative estimate of drug-likeness (QED) is 0.598. The minimum absolute atomic E-state index is 0.665. The molecule has 0 heterocycles. The number of hydrogen-bond acceptors (Lipinski definition) is 1. The molecule has 1 atom stereocenters. The molecule has 118 valence electrons. The van der Waals surface area contributed by atoms with E-state index < -0.39 is 5.60 Å². The van der Waals surface area contributed by atoms with Crippen LogP contribution in [0.25, 0.3) is 0 Å². The molecule has 1 unspecified atom stereocenters. The number of unbranched alkanes of at least 4 members (excludes halogenated alkanes) is 4. The summed E-state index contributed by atoms with van der Waals surface area (Å²) in [6.07, 6.45) is 6.62. The fraction of sp³-hybridized carbons (Fsp3) is 0.400. The summed E-state index contributed by atoms with van der Waals surface area (Å²) >= 11 is 6.13. The summed E-state index contributed by atoms with van der Waals surface area (Å²) in [5.74, 6) is 0. The van der Waals surface area contributed by atoms with Crippen molar-refractivity contribution in [1.82, 2.24) is 0 Å². The molecular formula is C20H25ClO. The number of benzene rings is 2. The topological polar surface area (TPSA) is 20.2 Å². The Morgan fingerprint density at radius 2 is 1.55 bits per heavy atom. The minimum atomic E-state index is -0.960. The fourth-order valence-electron chi connectivity index (χ4n) is 2.90. The van der Waals surface area contributed by atoms with E-state index in [1.54, 1.807) is 0 Å². The van der Waals surface area contributed by atoms with Gasteiger partial charge in [0.05, 0.1) is 0 Å². The highest BCUT2D eigenvalue weighted by atomic mass is 35.5. The van der Waals surface area contributed by atoms with Crippen molar-refractivity contribution >= 4 is 11.6 Å². The van der Waals surface area contributed by atoms with Crippen LogP contribution in [0.1, 0.15) is 56.6 Å². The Labute approximate surface area is 139 Å². The highest BCUT2D eigenvalue weighted by molar-refractivity contribution is 6.30. The molecule has 0 fully saturated rings. The van der Waals surface area contributed by atoms with Gasteiger partial charge in [0, 0.05) is 5.02 Å². The molecule has 2 rings (SSSR count). The lowest BCUT2D eigenvalue weighted by Crippen LogP contribution is -2.27. The first kappa shape index (κ1) is 17.1. The Morgan fingerprint density at radius 3 is 2.23 bits per heavy atom. The van der Waals surface area contributed by atoms with Crippen LogP contribution in [-0.2, 0) is 5.60 Å². The van der Waals surface area contributed by atoms with Gasteiger partial charge < -0.3 is 5.11 Å². The maximum absolute atomic E-state index is 11.4. The summed E-state index contributed by atoms with van der Waals surface area (Å²) in [5, 5.41) is 12.0. The van der Waals surface area contributed by atoms with Gasteiger partial charge in [-0.3, -0.25) is 0 Å². The van der Waals surface area contributed by atoms with Crippen LogP contribution in [0.4, 0.5) is 0 Å². The first-order chi connectivity index (χ1) is 10.7. The fourth-order valence-corrected chi connectivity index (χ4v) is 3.09. The Morgan fingerprint density at radius 1 is 0.864 bits per heavy atom. The third kappa shape index (κ3) is 4.34. The summed E-state index contributed by atoms with van der Waals surface area (Å²) in [6.45, 7) is 2.21. The SMILES string of the molecule is CCCCCCCC(O)(c1ccccc1)c1cccc(Cl)c1. The van der Waals surface area contributed by atoms with Gasteiger partial charge in [0.1, 0.15) is 5.60 Å². The van der Waals surface area contributed by atoms with Gasteiger partial charge in [-0.05, 0) is 36.1 Å². The van der Waals surface area contributed by atoms with Crippen LogP contribution >= 0.6 is 11.6 Å². The molecule has 0 aliphatic carbocycles. The van der Waals surface area contributed by atoms with Crippen LogP contribution in [0.2, 0.25) is 5.02 Å². The van der Waals surface area contributed by atoms with E-state index in [2.05, 4.69) is 6.92 Å². The van der Waals surface area contributed by atoms with Gasteiger partial charge in [-0.25, -0.2) is 0 Å². The highest BCUT2D eigenvalue weighted by Gasteiger charge is 2.30. The molecule has 0 aliphatic rings. The van der Waals surface area contributed by atoms with E-state index in [0.717, 1.165) is 30.4 Å². The van der Waals surface area contributed by atoms with Crippen LogP contribution in [0, 0.1) is 0 Å². The van der Waals surface area contributed by atoms with Crippen molar-refractivity contribution in [2.24, 2.45) is 0 Å². The summed E-state index contributed by atoms with van der Waals surface area (Å²) in [4.78, 5) is 0. The average molecular weight is 317 g/mol. The van der Waals surface area contributed by atoms with Gasteiger partial charge >= 0.3 is 0 Å². The van der Waals surface area contributed by atoms with E-state index in [1.807, 2.05) is 54.6 Å². The Bertz CT molecular complexity index is 567. The zero-order valence-corrected chi connectivity index (χ0v) is 14.0. The number of aliphatic hydroxyl groups is 1. The molecule has 0 saturated carbocycles. The second kappa shape index (κ2) is 8.36. The molecule has 2 aromatic rings. The van der Waals surface area contributed by atoms with Crippen molar-refractivity contribution in [2.45, 2.75) is 51.0 Å².